The smallest absolute Gasteiger partial charge is 0.203 e. The highest BCUT2D eigenvalue weighted by Crippen LogP contribution is 2.41. The lowest BCUT2D eigenvalue weighted by atomic mass is 10.1. The fourth-order valence-electron chi connectivity index (χ4n) is 2.22. The van der Waals surface area contributed by atoms with E-state index in [1.165, 1.54) is 0 Å². The molecule has 0 fully saturated rings. The van der Waals surface area contributed by atoms with Crippen LogP contribution in [0.25, 0.3) is 0 Å². The van der Waals surface area contributed by atoms with Crippen molar-refractivity contribution in [2.24, 2.45) is 0 Å². The number of rotatable bonds is 9. The van der Waals surface area contributed by atoms with E-state index in [0.29, 0.717) is 29.4 Å². The zero-order valence-corrected chi connectivity index (χ0v) is 13.5. The average molecular weight is 298 g/mol. The monoisotopic (exact) mass is 298 g/mol. The van der Waals surface area contributed by atoms with Crippen molar-refractivity contribution in [1.82, 2.24) is 0 Å². The fraction of sp³-hybridized carbons (Fsp3) is 0.625. The molecule has 1 aromatic carbocycles. The quantitative estimate of drug-likeness (QED) is 0.759. The summed E-state index contributed by atoms with van der Waals surface area (Å²) in [6.07, 6.45) is 1.60. The number of methoxy groups -OCH3 is 3. The number of hydrogen-bond donors (Lipinski definition) is 1. The Bertz CT molecular complexity index is 408. The summed E-state index contributed by atoms with van der Waals surface area (Å²) < 4.78 is 21.8. The van der Waals surface area contributed by atoms with E-state index < -0.39 is 6.10 Å². The van der Waals surface area contributed by atoms with E-state index in [4.69, 9.17) is 18.9 Å². The molecule has 0 aliphatic carbocycles. The molecule has 0 saturated carbocycles. The molecule has 0 aliphatic heterocycles. The molecule has 0 spiro atoms. The predicted molar refractivity (Wildman–Crippen MR) is 81.7 cm³/mol. The van der Waals surface area contributed by atoms with Gasteiger partial charge in [0, 0.05) is 12.1 Å². The zero-order chi connectivity index (χ0) is 15.8. The minimum Gasteiger partial charge on any atom is -0.493 e. The molecule has 1 aromatic rings. The first kappa shape index (κ1) is 17.4. The third kappa shape index (κ3) is 4.43. The Morgan fingerprint density at radius 2 is 1.57 bits per heavy atom. The van der Waals surface area contributed by atoms with Crippen LogP contribution in [-0.4, -0.2) is 38.6 Å². The molecule has 0 amide bonds. The van der Waals surface area contributed by atoms with Crippen molar-refractivity contribution in [3.8, 4) is 23.0 Å². The van der Waals surface area contributed by atoms with Gasteiger partial charge in [0.15, 0.2) is 11.5 Å². The number of ether oxygens (including phenoxy) is 4. The molecule has 1 N–H and O–H groups in total. The third-order valence-electron chi connectivity index (χ3n) is 3.34. The van der Waals surface area contributed by atoms with Crippen molar-refractivity contribution in [3.63, 3.8) is 0 Å². The minimum atomic E-state index is -0.487. The first-order valence-corrected chi connectivity index (χ1v) is 7.25. The molecule has 120 valence electrons. The highest BCUT2D eigenvalue weighted by atomic mass is 16.5. The van der Waals surface area contributed by atoms with Gasteiger partial charge in [-0.05, 0) is 12.8 Å². The summed E-state index contributed by atoms with van der Waals surface area (Å²) in [6, 6.07) is 3.48. The molecule has 2 atom stereocenters. The van der Waals surface area contributed by atoms with E-state index in [2.05, 4.69) is 0 Å². The molecule has 0 aromatic heterocycles. The summed E-state index contributed by atoms with van der Waals surface area (Å²) in [5.41, 5.74) is 0. The van der Waals surface area contributed by atoms with E-state index in [1.54, 1.807) is 33.5 Å². The van der Waals surface area contributed by atoms with Gasteiger partial charge in [-0.1, -0.05) is 20.3 Å². The predicted octanol–water partition coefficient (Wildman–Crippen LogP) is 3.03. The summed E-state index contributed by atoms with van der Waals surface area (Å²) in [5.74, 6) is 2.18. The van der Waals surface area contributed by atoms with Crippen molar-refractivity contribution in [1.29, 1.82) is 0 Å². The summed E-state index contributed by atoms with van der Waals surface area (Å²) in [7, 11) is 4.68. The van der Waals surface area contributed by atoms with Gasteiger partial charge in [0.05, 0.1) is 27.4 Å². The Hall–Kier alpha value is -1.62. The molecule has 0 aliphatic rings. The van der Waals surface area contributed by atoms with Crippen LogP contribution in [0.4, 0.5) is 0 Å². The topological polar surface area (TPSA) is 57.2 Å². The van der Waals surface area contributed by atoms with Crippen molar-refractivity contribution in [2.45, 2.75) is 45.3 Å². The van der Waals surface area contributed by atoms with Crippen LogP contribution in [0.15, 0.2) is 12.1 Å². The standard InChI is InChI=1S/C16H26O5/c1-6-8-12(17)13(7-2)21-11-9-14(18-3)16(20-5)15(10-11)19-4/h9-10,12-13,17H,6-8H2,1-5H3. The fourth-order valence-corrected chi connectivity index (χ4v) is 2.22. The molecular weight excluding hydrogens is 272 g/mol. The van der Waals surface area contributed by atoms with Gasteiger partial charge in [-0.3, -0.25) is 0 Å². The van der Waals surface area contributed by atoms with E-state index in [0.717, 1.165) is 12.8 Å². The maximum Gasteiger partial charge on any atom is 0.203 e. The maximum atomic E-state index is 10.1. The summed E-state index contributed by atoms with van der Waals surface area (Å²) in [4.78, 5) is 0. The second kappa shape index (κ2) is 8.62. The molecular formula is C16H26O5. The molecule has 0 saturated heterocycles. The van der Waals surface area contributed by atoms with E-state index in [9.17, 15) is 5.11 Å². The first-order valence-electron chi connectivity index (χ1n) is 7.25. The SMILES string of the molecule is CCCC(O)C(CC)Oc1cc(OC)c(OC)c(OC)c1. The van der Waals surface area contributed by atoms with Crippen LogP contribution in [0.1, 0.15) is 33.1 Å². The molecule has 21 heavy (non-hydrogen) atoms. The van der Waals surface area contributed by atoms with Crippen molar-refractivity contribution in [3.05, 3.63) is 12.1 Å². The zero-order valence-electron chi connectivity index (χ0n) is 13.5. The average Bonchev–Trinajstić information content (AvgIpc) is 2.51. The van der Waals surface area contributed by atoms with Crippen LogP contribution in [0.3, 0.4) is 0 Å². The van der Waals surface area contributed by atoms with Gasteiger partial charge in [-0.2, -0.15) is 0 Å². The van der Waals surface area contributed by atoms with Gasteiger partial charge < -0.3 is 24.1 Å². The van der Waals surface area contributed by atoms with Gasteiger partial charge in [-0.15, -0.1) is 0 Å². The summed E-state index contributed by atoms with van der Waals surface area (Å²) in [6.45, 7) is 4.02. The van der Waals surface area contributed by atoms with Crippen LogP contribution < -0.4 is 18.9 Å². The third-order valence-corrected chi connectivity index (χ3v) is 3.34. The van der Waals surface area contributed by atoms with E-state index in [1.807, 2.05) is 13.8 Å². The van der Waals surface area contributed by atoms with Gasteiger partial charge in [-0.25, -0.2) is 0 Å². The molecule has 2 unspecified atom stereocenters. The maximum absolute atomic E-state index is 10.1. The molecule has 0 radical (unpaired) electrons. The second-order valence-corrected chi connectivity index (χ2v) is 4.78. The second-order valence-electron chi connectivity index (χ2n) is 4.78. The van der Waals surface area contributed by atoms with Gasteiger partial charge in [0.2, 0.25) is 5.75 Å². The van der Waals surface area contributed by atoms with Crippen LogP contribution in [0.5, 0.6) is 23.0 Å². The van der Waals surface area contributed by atoms with Gasteiger partial charge in [0.1, 0.15) is 11.9 Å². The van der Waals surface area contributed by atoms with Crippen LogP contribution in [-0.2, 0) is 0 Å². The number of benzene rings is 1. The Balaban J connectivity index is 3.01. The number of aliphatic hydroxyl groups is 1. The Morgan fingerprint density at radius 3 is 1.95 bits per heavy atom. The van der Waals surface area contributed by atoms with Crippen LogP contribution in [0.2, 0.25) is 0 Å². The van der Waals surface area contributed by atoms with E-state index in [-0.39, 0.29) is 6.10 Å². The van der Waals surface area contributed by atoms with Crippen molar-refractivity contribution >= 4 is 0 Å². The molecule has 0 heterocycles. The Morgan fingerprint density at radius 1 is 1.00 bits per heavy atom. The Kier molecular flexibility index (Phi) is 7.15. The largest absolute Gasteiger partial charge is 0.493 e. The molecule has 0 bridgehead atoms. The lowest BCUT2D eigenvalue weighted by Gasteiger charge is -2.24. The summed E-state index contributed by atoms with van der Waals surface area (Å²) >= 11 is 0. The first-order chi connectivity index (χ1) is 10.1. The van der Waals surface area contributed by atoms with Crippen molar-refractivity contribution in [2.75, 3.05) is 21.3 Å². The lowest BCUT2D eigenvalue weighted by molar-refractivity contribution is 0.0281. The molecule has 1 rings (SSSR count). The van der Waals surface area contributed by atoms with E-state index >= 15 is 0 Å². The Labute approximate surface area is 126 Å². The number of aliphatic hydroxyl groups excluding tert-OH is 1. The highest BCUT2D eigenvalue weighted by molar-refractivity contribution is 5.55. The van der Waals surface area contributed by atoms with Crippen LogP contribution in [0, 0.1) is 0 Å². The lowest BCUT2D eigenvalue weighted by Crippen LogP contribution is -2.31. The normalized spacial score (nSPS) is 13.4. The van der Waals surface area contributed by atoms with Gasteiger partial charge >= 0.3 is 0 Å². The highest BCUT2D eigenvalue weighted by Gasteiger charge is 2.21. The summed E-state index contributed by atoms with van der Waals surface area (Å²) in [5, 5.41) is 10.1. The van der Waals surface area contributed by atoms with Crippen LogP contribution >= 0.6 is 0 Å². The van der Waals surface area contributed by atoms with Gasteiger partial charge in [0.25, 0.3) is 0 Å². The molecule has 5 nitrogen and oxygen atoms in total. The molecule has 5 heteroatoms. The minimum absolute atomic E-state index is 0.257. The van der Waals surface area contributed by atoms with Crippen molar-refractivity contribution < 1.29 is 24.1 Å². The number of hydrogen-bond acceptors (Lipinski definition) is 5.